The highest BCUT2D eigenvalue weighted by Crippen LogP contribution is 2.36. The predicted octanol–water partition coefficient (Wildman–Crippen LogP) is 3.71. The van der Waals surface area contributed by atoms with Gasteiger partial charge in [-0.25, -0.2) is 4.39 Å². The van der Waals surface area contributed by atoms with Gasteiger partial charge in [0, 0.05) is 12.2 Å². The first kappa shape index (κ1) is 15.5. The second-order valence-electron chi connectivity index (χ2n) is 5.45. The molecule has 20 heavy (non-hydrogen) atoms. The lowest BCUT2D eigenvalue weighted by molar-refractivity contribution is -0.126. The molecule has 1 atom stereocenters. The largest absolute Gasteiger partial charge is 0.325 e. The van der Waals surface area contributed by atoms with Gasteiger partial charge in [0.1, 0.15) is 0 Å². The van der Waals surface area contributed by atoms with Gasteiger partial charge in [0.25, 0.3) is 0 Å². The molecule has 6 heteroatoms. The molecule has 0 radical (unpaired) electrons. The molecule has 0 aromatic heterocycles. The Hall–Kier alpha value is -0.840. The normalized spacial score (nSPS) is 22.3. The van der Waals surface area contributed by atoms with E-state index in [1.54, 1.807) is 0 Å². The molecule has 1 fully saturated rings. The highest BCUT2D eigenvalue weighted by atomic mass is 35.5. The van der Waals surface area contributed by atoms with Gasteiger partial charge < -0.3 is 10.6 Å². The van der Waals surface area contributed by atoms with E-state index in [0.717, 1.165) is 13.0 Å². The van der Waals surface area contributed by atoms with Gasteiger partial charge in [-0.05, 0) is 31.0 Å². The molecule has 2 N–H and O–H groups in total. The van der Waals surface area contributed by atoms with Crippen LogP contribution in [0.3, 0.4) is 0 Å². The minimum atomic E-state index is -0.674. The summed E-state index contributed by atoms with van der Waals surface area (Å²) in [6, 6.07) is 2.74. The first-order valence-corrected chi connectivity index (χ1v) is 7.29. The van der Waals surface area contributed by atoms with Crippen LogP contribution in [0, 0.1) is 17.2 Å². The maximum Gasteiger partial charge on any atom is 0.232 e. The number of carbonyl (C=O) groups excluding carboxylic acids is 1. The highest BCUT2D eigenvalue weighted by Gasteiger charge is 2.43. The molecule has 0 aliphatic carbocycles. The third-order valence-electron chi connectivity index (χ3n) is 3.99. The molecule has 110 valence electrons. The number of nitrogens with one attached hydrogen (secondary N) is 2. The molecule has 0 bridgehead atoms. The summed E-state index contributed by atoms with van der Waals surface area (Å²) < 4.78 is 13.4. The lowest BCUT2D eigenvalue weighted by Crippen LogP contribution is -2.42. The fourth-order valence-electron chi connectivity index (χ4n) is 2.54. The van der Waals surface area contributed by atoms with Crippen molar-refractivity contribution in [3.05, 3.63) is 28.0 Å². The van der Waals surface area contributed by atoms with E-state index in [9.17, 15) is 9.18 Å². The van der Waals surface area contributed by atoms with Crippen LogP contribution in [0.25, 0.3) is 0 Å². The van der Waals surface area contributed by atoms with Crippen LogP contribution < -0.4 is 10.6 Å². The number of anilines is 1. The first-order valence-electron chi connectivity index (χ1n) is 6.53. The summed E-state index contributed by atoms with van der Waals surface area (Å²) in [5.74, 6) is -0.562. The summed E-state index contributed by atoms with van der Waals surface area (Å²) in [6.45, 7) is 5.50. The van der Waals surface area contributed by atoms with Crippen molar-refractivity contribution >= 4 is 34.8 Å². The average Bonchev–Trinajstić information content (AvgIpc) is 2.86. The minimum absolute atomic E-state index is 0.0868. The van der Waals surface area contributed by atoms with Crippen LogP contribution >= 0.6 is 23.2 Å². The van der Waals surface area contributed by atoms with Gasteiger partial charge in [0.05, 0.1) is 15.5 Å². The van der Waals surface area contributed by atoms with E-state index >= 15 is 0 Å². The number of rotatable bonds is 3. The molecule has 0 saturated carbocycles. The Morgan fingerprint density at radius 1 is 1.40 bits per heavy atom. The maximum absolute atomic E-state index is 13.4. The van der Waals surface area contributed by atoms with E-state index in [4.69, 9.17) is 23.2 Å². The van der Waals surface area contributed by atoms with Gasteiger partial charge >= 0.3 is 0 Å². The van der Waals surface area contributed by atoms with Crippen LogP contribution in [0.1, 0.15) is 20.3 Å². The first-order chi connectivity index (χ1) is 9.36. The molecule has 3 nitrogen and oxygen atoms in total. The van der Waals surface area contributed by atoms with Crippen molar-refractivity contribution in [2.45, 2.75) is 20.3 Å². The average molecular weight is 319 g/mol. The Morgan fingerprint density at radius 2 is 2.00 bits per heavy atom. The number of amides is 1. The van der Waals surface area contributed by atoms with Gasteiger partial charge in [-0.3, -0.25) is 4.79 Å². The van der Waals surface area contributed by atoms with Crippen molar-refractivity contribution < 1.29 is 9.18 Å². The molecule has 1 saturated heterocycles. The van der Waals surface area contributed by atoms with Gasteiger partial charge in [0.15, 0.2) is 5.82 Å². The van der Waals surface area contributed by atoms with Crippen molar-refractivity contribution in [2.24, 2.45) is 11.3 Å². The van der Waals surface area contributed by atoms with Gasteiger partial charge in [0.2, 0.25) is 5.91 Å². The second-order valence-corrected chi connectivity index (χ2v) is 6.26. The van der Waals surface area contributed by atoms with Gasteiger partial charge in [-0.1, -0.05) is 37.0 Å². The highest BCUT2D eigenvalue weighted by molar-refractivity contribution is 6.35. The molecule has 1 heterocycles. The Balaban J connectivity index is 2.23. The Bertz CT molecular complexity index is 505. The van der Waals surface area contributed by atoms with Gasteiger partial charge in [-0.15, -0.1) is 0 Å². The zero-order chi connectivity index (χ0) is 14.9. The van der Waals surface area contributed by atoms with Crippen LogP contribution in [0.2, 0.25) is 10.0 Å². The summed E-state index contributed by atoms with van der Waals surface area (Å²) in [5, 5.41) is 5.82. The molecular weight excluding hydrogens is 302 g/mol. The molecule has 1 aliphatic rings. The molecule has 1 aromatic carbocycles. The fourth-order valence-corrected chi connectivity index (χ4v) is 3.03. The van der Waals surface area contributed by atoms with E-state index in [1.807, 2.05) is 13.8 Å². The van der Waals surface area contributed by atoms with E-state index in [2.05, 4.69) is 10.6 Å². The summed E-state index contributed by atoms with van der Waals surface area (Å²) in [6.07, 6.45) is 0.777. The molecular formula is C14H17Cl2FN2O. The second kappa shape index (κ2) is 5.88. The predicted molar refractivity (Wildman–Crippen MR) is 79.8 cm³/mol. The lowest BCUT2D eigenvalue weighted by atomic mass is 9.75. The van der Waals surface area contributed by atoms with Crippen LogP contribution in [-0.4, -0.2) is 19.0 Å². The van der Waals surface area contributed by atoms with Crippen molar-refractivity contribution in [1.82, 2.24) is 5.32 Å². The van der Waals surface area contributed by atoms with E-state index in [-0.39, 0.29) is 21.9 Å². The molecule has 1 unspecified atom stereocenters. The van der Waals surface area contributed by atoms with Crippen LogP contribution in [0.15, 0.2) is 12.1 Å². The summed E-state index contributed by atoms with van der Waals surface area (Å²) in [7, 11) is 0. The number of benzene rings is 1. The van der Waals surface area contributed by atoms with Crippen LogP contribution in [0.5, 0.6) is 0 Å². The van der Waals surface area contributed by atoms with Crippen molar-refractivity contribution in [2.75, 3.05) is 18.4 Å². The van der Waals surface area contributed by atoms with Crippen LogP contribution in [-0.2, 0) is 4.79 Å². The number of hydrogen-bond acceptors (Lipinski definition) is 2. The fraction of sp³-hybridized carbons (Fsp3) is 0.500. The zero-order valence-corrected chi connectivity index (χ0v) is 12.9. The Labute approximate surface area is 127 Å². The monoisotopic (exact) mass is 318 g/mol. The van der Waals surface area contributed by atoms with E-state index in [0.29, 0.717) is 12.2 Å². The molecule has 2 rings (SSSR count). The van der Waals surface area contributed by atoms with Crippen LogP contribution in [0.4, 0.5) is 10.1 Å². The topological polar surface area (TPSA) is 41.1 Å². The molecule has 1 aromatic rings. The third-order valence-corrected chi connectivity index (χ3v) is 4.54. The zero-order valence-electron chi connectivity index (χ0n) is 11.4. The summed E-state index contributed by atoms with van der Waals surface area (Å²) >= 11 is 11.5. The standard InChI is InChI=1S/C14H17Cl2FN2O/c1-8(2)14(3-4-18-7-14)13(20)19-9-5-10(15)12(17)11(16)6-9/h5-6,8,18H,3-4,7H2,1-2H3,(H,19,20). The summed E-state index contributed by atoms with van der Waals surface area (Å²) in [5.41, 5.74) is -0.0359. The van der Waals surface area contributed by atoms with E-state index < -0.39 is 11.2 Å². The molecule has 0 spiro atoms. The molecule has 1 aliphatic heterocycles. The SMILES string of the molecule is CC(C)C1(C(=O)Nc2cc(Cl)c(F)c(Cl)c2)CCNC1. The van der Waals surface area contributed by atoms with Crippen molar-refractivity contribution in [1.29, 1.82) is 0 Å². The van der Waals surface area contributed by atoms with Crippen molar-refractivity contribution in [3.63, 3.8) is 0 Å². The maximum atomic E-state index is 13.4. The third kappa shape index (κ3) is 2.78. The number of hydrogen-bond donors (Lipinski definition) is 2. The quantitative estimate of drug-likeness (QED) is 0.834. The van der Waals surface area contributed by atoms with E-state index in [1.165, 1.54) is 12.1 Å². The van der Waals surface area contributed by atoms with Gasteiger partial charge in [-0.2, -0.15) is 0 Å². The lowest BCUT2D eigenvalue weighted by Gasteiger charge is -2.31. The number of carbonyl (C=O) groups is 1. The Morgan fingerprint density at radius 3 is 2.45 bits per heavy atom. The smallest absolute Gasteiger partial charge is 0.232 e. The Kier molecular flexibility index (Phi) is 4.57. The number of halogens is 3. The molecule has 1 amide bonds. The summed E-state index contributed by atoms with van der Waals surface area (Å²) in [4.78, 5) is 12.6. The minimum Gasteiger partial charge on any atom is -0.325 e. The van der Waals surface area contributed by atoms with Crippen molar-refractivity contribution in [3.8, 4) is 0 Å².